The van der Waals surface area contributed by atoms with E-state index in [2.05, 4.69) is 49.0 Å². The van der Waals surface area contributed by atoms with Crippen LogP contribution in [0.25, 0.3) is 22.4 Å². The van der Waals surface area contributed by atoms with E-state index in [1.54, 1.807) is 28.8 Å². The Morgan fingerprint density at radius 2 is 1.84 bits per heavy atom. The second-order valence-electron chi connectivity index (χ2n) is 9.04. The minimum Gasteiger partial charge on any atom is -0.306 e. The van der Waals surface area contributed by atoms with Gasteiger partial charge in [-0.25, -0.2) is 19.2 Å². The molecule has 1 aliphatic carbocycles. The first kappa shape index (κ1) is 22.4. The van der Waals surface area contributed by atoms with Crippen LogP contribution < -0.4 is 0 Å². The standard InChI is InChI=1S/C26H22ClN9S/c1-2-34-25(20-12-19(20)16-8-10-17(27)11-9-16)31-32-26(34)37-14-22-30-24-21-13-29-36(18-6-4-3-5-7-18)23(21)28-15-35(24)33-22/h3-11,13,15,19-20H,2,12,14H2,1H3. The summed E-state index contributed by atoms with van der Waals surface area (Å²) in [6.45, 7) is 2.95. The van der Waals surface area contributed by atoms with Gasteiger partial charge in [-0.3, -0.25) is 0 Å². The lowest BCUT2D eigenvalue weighted by Gasteiger charge is -2.06. The van der Waals surface area contributed by atoms with Gasteiger partial charge in [-0.1, -0.05) is 53.7 Å². The molecule has 7 rings (SSSR count). The Hall–Kier alpha value is -3.76. The summed E-state index contributed by atoms with van der Waals surface area (Å²) < 4.78 is 5.75. The predicted molar refractivity (Wildman–Crippen MR) is 142 cm³/mol. The first-order chi connectivity index (χ1) is 18.2. The molecule has 2 unspecified atom stereocenters. The van der Waals surface area contributed by atoms with Gasteiger partial charge in [-0.05, 0) is 49.1 Å². The van der Waals surface area contributed by atoms with Crippen LogP contribution in [0.3, 0.4) is 0 Å². The Labute approximate surface area is 221 Å². The van der Waals surface area contributed by atoms with Crippen LogP contribution in [-0.4, -0.2) is 44.1 Å². The lowest BCUT2D eigenvalue weighted by Crippen LogP contribution is -2.03. The molecule has 2 aromatic carbocycles. The van der Waals surface area contributed by atoms with Gasteiger partial charge in [0.1, 0.15) is 12.2 Å². The van der Waals surface area contributed by atoms with E-state index >= 15 is 0 Å². The van der Waals surface area contributed by atoms with Gasteiger partial charge in [0.2, 0.25) is 0 Å². The third-order valence-electron chi connectivity index (χ3n) is 6.76. The molecular formula is C26H22ClN9S. The molecule has 4 aromatic heterocycles. The van der Waals surface area contributed by atoms with Crippen molar-refractivity contribution >= 4 is 40.0 Å². The monoisotopic (exact) mass is 527 g/mol. The molecule has 37 heavy (non-hydrogen) atoms. The van der Waals surface area contributed by atoms with Gasteiger partial charge in [0.05, 0.1) is 23.0 Å². The maximum atomic E-state index is 6.06. The molecule has 0 aliphatic heterocycles. The van der Waals surface area contributed by atoms with Crippen molar-refractivity contribution in [1.82, 2.24) is 44.1 Å². The lowest BCUT2D eigenvalue weighted by molar-refractivity contribution is 0.640. The van der Waals surface area contributed by atoms with Crippen molar-refractivity contribution in [2.75, 3.05) is 0 Å². The van der Waals surface area contributed by atoms with Crippen LogP contribution in [0.15, 0.2) is 72.3 Å². The molecule has 0 amide bonds. The number of aromatic nitrogens is 9. The molecule has 0 spiro atoms. The molecule has 9 nitrogen and oxygen atoms in total. The Bertz CT molecular complexity index is 1720. The zero-order valence-electron chi connectivity index (χ0n) is 19.9. The first-order valence-electron chi connectivity index (χ1n) is 12.1. The third kappa shape index (κ3) is 3.96. The number of halogens is 1. The summed E-state index contributed by atoms with van der Waals surface area (Å²) in [6.07, 6.45) is 4.57. The second kappa shape index (κ2) is 8.97. The van der Waals surface area contributed by atoms with E-state index in [1.807, 2.05) is 47.1 Å². The highest BCUT2D eigenvalue weighted by atomic mass is 35.5. The molecule has 0 bridgehead atoms. The minimum atomic E-state index is 0.386. The molecule has 2 atom stereocenters. The van der Waals surface area contributed by atoms with Crippen LogP contribution in [0.4, 0.5) is 0 Å². The highest BCUT2D eigenvalue weighted by Crippen LogP contribution is 2.54. The van der Waals surface area contributed by atoms with Gasteiger partial charge in [-0.2, -0.15) is 5.10 Å². The van der Waals surface area contributed by atoms with E-state index in [-0.39, 0.29) is 0 Å². The number of benzene rings is 2. The van der Waals surface area contributed by atoms with Gasteiger partial charge in [0.15, 0.2) is 22.3 Å². The molecule has 1 saturated carbocycles. The van der Waals surface area contributed by atoms with Crippen molar-refractivity contribution < 1.29 is 0 Å². The van der Waals surface area contributed by atoms with Gasteiger partial charge in [0.25, 0.3) is 0 Å². The number of hydrogen-bond donors (Lipinski definition) is 0. The summed E-state index contributed by atoms with van der Waals surface area (Å²) in [6, 6.07) is 18.1. The first-order valence-corrected chi connectivity index (χ1v) is 13.5. The van der Waals surface area contributed by atoms with Crippen LogP contribution in [0.5, 0.6) is 0 Å². The van der Waals surface area contributed by atoms with Crippen LogP contribution in [0.2, 0.25) is 5.02 Å². The van der Waals surface area contributed by atoms with Crippen molar-refractivity contribution in [3.8, 4) is 5.69 Å². The number of para-hydroxylation sites is 1. The van der Waals surface area contributed by atoms with Gasteiger partial charge >= 0.3 is 0 Å². The zero-order chi connectivity index (χ0) is 24.9. The van der Waals surface area contributed by atoms with Crippen molar-refractivity contribution in [3.05, 3.63) is 89.4 Å². The highest BCUT2D eigenvalue weighted by molar-refractivity contribution is 7.98. The second-order valence-corrected chi connectivity index (χ2v) is 10.4. The fourth-order valence-electron chi connectivity index (χ4n) is 4.85. The lowest BCUT2D eigenvalue weighted by atomic mass is 10.1. The number of hydrogen-bond acceptors (Lipinski definition) is 7. The molecule has 6 aromatic rings. The summed E-state index contributed by atoms with van der Waals surface area (Å²) in [5, 5.41) is 20.8. The molecule has 0 N–H and O–H groups in total. The zero-order valence-corrected chi connectivity index (χ0v) is 21.5. The smallest absolute Gasteiger partial charge is 0.191 e. The summed E-state index contributed by atoms with van der Waals surface area (Å²) in [5.41, 5.74) is 3.75. The van der Waals surface area contributed by atoms with Crippen molar-refractivity contribution in [3.63, 3.8) is 0 Å². The maximum Gasteiger partial charge on any atom is 0.191 e. The van der Waals surface area contributed by atoms with E-state index in [0.29, 0.717) is 23.4 Å². The molecule has 4 heterocycles. The SMILES string of the molecule is CCn1c(SCc2nc3c4cnn(-c5ccccc5)c4ncn3n2)nnc1C1CC1c1ccc(Cl)cc1. The molecule has 1 fully saturated rings. The summed E-state index contributed by atoms with van der Waals surface area (Å²) in [5.74, 6) is 3.20. The van der Waals surface area contributed by atoms with Crippen molar-refractivity contribution in [2.24, 2.45) is 0 Å². The van der Waals surface area contributed by atoms with E-state index in [4.69, 9.17) is 16.6 Å². The fraction of sp³-hybridized carbons (Fsp3) is 0.231. The Balaban J connectivity index is 1.11. The number of fused-ring (bicyclic) bond motifs is 3. The molecule has 184 valence electrons. The fourth-order valence-corrected chi connectivity index (χ4v) is 5.83. The number of thioether (sulfide) groups is 1. The summed E-state index contributed by atoms with van der Waals surface area (Å²) in [4.78, 5) is 9.39. The van der Waals surface area contributed by atoms with E-state index in [1.165, 1.54) is 5.56 Å². The van der Waals surface area contributed by atoms with Crippen LogP contribution >= 0.6 is 23.4 Å². The molecular weight excluding hydrogens is 506 g/mol. The van der Waals surface area contributed by atoms with Crippen molar-refractivity contribution in [1.29, 1.82) is 0 Å². The van der Waals surface area contributed by atoms with E-state index < -0.39 is 0 Å². The topological polar surface area (TPSA) is 91.6 Å². The van der Waals surface area contributed by atoms with Gasteiger partial charge < -0.3 is 4.57 Å². The van der Waals surface area contributed by atoms with Crippen LogP contribution in [-0.2, 0) is 12.3 Å². The number of nitrogens with zero attached hydrogens (tertiary/aromatic N) is 9. The quantitative estimate of drug-likeness (QED) is 0.260. The largest absolute Gasteiger partial charge is 0.306 e. The van der Waals surface area contributed by atoms with E-state index in [9.17, 15) is 0 Å². The maximum absolute atomic E-state index is 6.06. The summed E-state index contributed by atoms with van der Waals surface area (Å²) in [7, 11) is 0. The summed E-state index contributed by atoms with van der Waals surface area (Å²) >= 11 is 7.66. The van der Waals surface area contributed by atoms with Crippen molar-refractivity contribution in [2.45, 2.75) is 42.6 Å². The molecule has 0 radical (unpaired) electrons. The minimum absolute atomic E-state index is 0.386. The highest BCUT2D eigenvalue weighted by Gasteiger charge is 2.43. The normalized spacial score (nSPS) is 17.1. The molecule has 11 heteroatoms. The average molecular weight is 528 g/mol. The molecule has 0 saturated heterocycles. The van der Waals surface area contributed by atoms with E-state index in [0.717, 1.165) is 51.3 Å². The van der Waals surface area contributed by atoms with Crippen LogP contribution in [0, 0.1) is 0 Å². The Morgan fingerprint density at radius 3 is 2.65 bits per heavy atom. The van der Waals surface area contributed by atoms with Crippen LogP contribution in [0.1, 0.15) is 42.4 Å². The number of rotatable bonds is 7. The third-order valence-corrected chi connectivity index (χ3v) is 7.98. The Morgan fingerprint density at radius 1 is 1.00 bits per heavy atom. The predicted octanol–water partition coefficient (Wildman–Crippen LogP) is 5.29. The Kier molecular flexibility index (Phi) is 5.44. The van der Waals surface area contributed by atoms with Gasteiger partial charge in [-0.15, -0.1) is 15.3 Å². The van der Waals surface area contributed by atoms with Gasteiger partial charge in [0, 0.05) is 17.5 Å². The molecule has 1 aliphatic rings. The average Bonchev–Trinajstić information content (AvgIpc) is 3.26.